The van der Waals surface area contributed by atoms with E-state index in [9.17, 15) is 19.2 Å². The van der Waals surface area contributed by atoms with Crippen LogP contribution >= 0.6 is 47.0 Å². The molecule has 2 N–H and O–H groups in total. The molecule has 0 saturated heterocycles. The first kappa shape index (κ1) is 33.4. The molecule has 0 aliphatic rings. The number of ether oxygens (including phenoxy) is 2. The van der Waals surface area contributed by atoms with Gasteiger partial charge in [0.05, 0.1) is 0 Å². The first-order valence-corrected chi connectivity index (χ1v) is 16.3. The highest BCUT2D eigenvalue weighted by molar-refractivity contribution is 8.03. The minimum absolute atomic E-state index is 0.414. The Morgan fingerprint density at radius 1 is 0.600 bits per heavy atom. The Hall–Kier alpha value is -2.80. The number of carboxylic acids is 2. The fourth-order valence-corrected chi connectivity index (χ4v) is 7.18. The summed E-state index contributed by atoms with van der Waals surface area (Å²) in [5.74, 6) is -0.210. The molecule has 0 radical (unpaired) electrons. The third-order valence-corrected chi connectivity index (χ3v) is 9.37. The topological polar surface area (TPSA) is 127 Å². The van der Waals surface area contributed by atoms with Crippen LogP contribution in [0.25, 0.3) is 0 Å². The van der Waals surface area contributed by atoms with Crippen molar-refractivity contribution in [3.05, 3.63) is 85.0 Å². The van der Waals surface area contributed by atoms with Crippen molar-refractivity contribution in [1.29, 1.82) is 0 Å². The van der Waals surface area contributed by atoms with Gasteiger partial charge in [0.2, 0.25) is 0 Å². The molecule has 0 heterocycles. The van der Waals surface area contributed by atoms with E-state index < -0.39 is 36.1 Å². The molecule has 0 saturated carbocycles. The van der Waals surface area contributed by atoms with Gasteiger partial charge in [0, 0.05) is 68.6 Å². The fourth-order valence-electron chi connectivity index (χ4n) is 2.88. The van der Waals surface area contributed by atoms with E-state index in [1.807, 2.05) is 60.7 Å². The third kappa shape index (κ3) is 16.3. The zero-order chi connectivity index (χ0) is 29.0. The van der Waals surface area contributed by atoms with Gasteiger partial charge in [-0.1, -0.05) is 36.4 Å². The molecule has 0 amide bonds. The van der Waals surface area contributed by atoms with E-state index in [0.29, 0.717) is 23.0 Å². The predicted octanol–water partition coefficient (Wildman–Crippen LogP) is 5.14. The number of carbonyl (C=O) groups is 4. The lowest BCUT2D eigenvalue weighted by Crippen LogP contribution is -2.23. The summed E-state index contributed by atoms with van der Waals surface area (Å²) in [4.78, 5) is 47.5. The van der Waals surface area contributed by atoms with Crippen LogP contribution in [0.15, 0.2) is 94.8 Å². The lowest BCUT2D eigenvalue weighted by atomic mass is 10.4. The van der Waals surface area contributed by atoms with Crippen molar-refractivity contribution >= 4 is 70.9 Å². The lowest BCUT2D eigenvalue weighted by molar-refractivity contribution is -0.142. The quantitative estimate of drug-likeness (QED) is 0.0932. The van der Waals surface area contributed by atoms with Crippen molar-refractivity contribution < 1.29 is 38.9 Å². The summed E-state index contributed by atoms with van der Waals surface area (Å²) < 4.78 is 11.0. The average Bonchev–Trinajstić information content (AvgIpc) is 2.95. The number of rotatable bonds is 19. The van der Waals surface area contributed by atoms with Gasteiger partial charge in [0.25, 0.3) is 0 Å². The molecule has 0 aromatic heterocycles. The third-order valence-electron chi connectivity index (χ3n) is 4.63. The molecule has 0 fully saturated rings. The van der Waals surface area contributed by atoms with Gasteiger partial charge in [0.15, 0.2) is 0 Å². The second-order valence-corrected chi connectivity index (χ2v) is 12.3. The molecule has 2 atom stereocenters. The number of carboxylic acid groups (broad SMARTS) is 2. The largest absolute Gasteiger partial charge is 0.478 e. The summed E-state index contributed by atoms with van der Waals surface area (Å²) >= 11 is 6.32. The van der Waals surface area contributed by atoms with Crippen LogP contribution in [-0.4, -0.2) is 80.8 Å². The van der Waals surface area contributed by atoms with E-state index in [0.717, 1.165) is 45.6 Å². The Bertz CT molecular complexity index is 1040. The normalized spacial score (nSPS) is 12.7. The molecule has 8 nitrogen and oxygen atoms in total. The maximum atomic E-state index is 12.0. The molecule has 0 bridgehead atoms. The van der Waals surface area contributed by atoms with Gasteiger partial charge < -0.3 is 19.7 Å². The molecule has 2 aromatic carbocycles. The van der Waals surface area contributed by atoms with Crippen LogP contribution < -0.4 is 0 Å². The molecule has 0 aliphatic heterocycles. The number of hydrogen-bond donors (Lipinski definition) is 2. The highest BCUT2D eigenvalue weighted by Crippen LogP contribution is 2.23. The van der Waals surface area contributed by atoms with Gasteiger partial charge in [-0.2, -0.15) is 23.5 Å². The standard InChI is InChI=1S/C28H30O8S4/c29-25(30)11-13-27(33)35-21(19-39-23-7-3-1-4-8-23)17-37-15-16-38-18-22(36-28(34)14-12-26(31)32)20-40-24-9-5-2-6-10-24/h1-14,21-22H,15-20H2,(H,29,30)(H,31,32)/b13-11+,14-12+. The number of benzene rings is 2. The molecule has 2 unspecified atom stereocenters. The Balaban J connectivity index is 1.82. The van der Waals surface area contributed by atoms with E-state index in [2.05, 4.69) is 0 Å². The van der Waals surface area contributed by atoms with E-state index in [4.69, 9.17) is 19.7 Å². The monoisotopic (exact) mass is 622 g/mol. The summed E-state index contributed by atoms with van der Waals surface area (Å²) in [7, 11) is 0. The smallest absolute Gasteiger partial charge is 0.331 e. The SMILES string of the molecule is O=C(O)/C=C/C(=O)OC(CSCCSCC(CSc1ccccc1)OC(=O)/C=C/C(=O)O)CSc1ccccc1. The summed E-state index contributed by atoms with van der Waals surface area (Å²) in [6.45, 7) is 0. The van der Waals surface area contributed by atoms with Crippen LogP contribution in [0.1, 0.15) is 0 Å². The number of carbonyl (C=O) groups excluding carboxylic acids is 2. The maximum Gasteiger partial charge on any atom is 0.331 e. The van der Waals surface area contributed by atoms with Crippen LogP contribution in [0.2, 0.25) is 0 Å². The van der Waals surface area contributed by atoms with Crippen LogP contribution in [-0.2, 0) is 28.7 Å². The molecule has 12 heteroatoms. The van der Waals surface area contributed by atoms with Crippen molar-refractivity contribution in [3.8, 4) is 0 Å². The van der Waals surface area contributed by atoms with Crippen molar-refractivity contribution in [3.63, 3.8) is 0 Å². The minimum Gasteiger partial charge on any atom is -0.478 e. The Morgan fingerprint density at radius 2 is 0.975 bits per heavy atom. The molecule has 40 heavy (non-hydrogen) atoms. The molecule has 2 rings (SSSR count). The average molecular weight is 623 g/mol. The van der Waals surface area contributed by atoms with Gasteiger partial charge >= 0.3 is 23.9 Å². The number of thioether (sulfide) groups is 4. The first-order chi connectivity index (χ1) is 19.3. The van der Waals surface area contributed by atoms with Crippen LogP contribution in [0.5, 0.6) is 0 Å². The molecule has 0 aliphatic carbocycles. The molecule has 2 aromatic rings. The summed E-state index contributed by atoms with van der Waals surface area (Å²) in [6.07, 6.45) is 2.49. The van der Waals surface area contributed by atoms with Crippen molar-refractivity contribution in [2.45, 2.75) is 22.0 Å². The van der Waals surface area contributed by atoms with Gasteiger partial charge in [-0.05, 0) is 24.3 Å². The second-order valence-electron chi connectivity index (χ2n) is 7.86. The number of hydrogen-bond acceptors (Lipinski definition) is 10. The Kier molecular flexibility index (Phi) is 16.8. The van der Waals surface area contributed by atoms with Crippen molar-refractivity contribution in [2.75, 3.05) is 34.5 Å². The highest BCUT2D eigenvalue weighted by atomic mass is 32.2. The van der Waals surface area contributed by atoms with Gasteiger partial charge in [-0.3, -0.25) is 0 Å². The number of aliphatic carboxylic acids is 2. The Labute approximate surface area is 250 Å². The highest BCUT2D eigenvalue weighted by Gasteiger charge is 2.16. The van der Waals surface area contributed by atoms with Gasteiger partial charge in [0.1, 0.15) is 12.2 Å². The summed E-state index contributed by atoms with van der Waals surface area (Å²) in [5, 5.41) is 17.5. The number of esters is 2. The molecule has 0 spiro atoms. The summed E-state index contributed by atoms with van der Waals surface area (Å²) in [5.41, 5.74) is 0. The lowest BCUT2D eigenvalue weighted by Gasteiger charge is -2.18. The zero-order valence-electron chi connectivity index (χ0n) is 21.5. The maximum absolute atomic E-state index is 12.0. The fraction of sp³-hybridized carbons (Fsp3) is 0.286. The van der Waals surface area contributed by atoms with Crippen molar-refractivity contribution in [1.82, 2.24) is 0 Å². The van der Waals surface area contributed by atoms with Gasteiger partial charge in [-0.15, -0.1) is 23.5 Å². The van der Waals surface area contributed by atoms with Gasteiger partial charge in [-0.25, -0.2) is 19.2 Å². The Morgan fingerprint density at radius 3 is 1.32 bits per heavy atom. The first-order valence-electron chi connectivity index (χ1n) is 12.1. The van der Waals surface area contributed by atoms with E-state index >= 15 is 0 Å². The van der Waals surface area contributed by atoms with Crippen LogP contribution in [0, 0.1) is 0 Å². The molecular weight excluding hydrogens is 593 g/mol. The minimum atomic E-state index is -1.22. The predicted molar refractivity (Wildman–Crippen MR) is 162 cm³/mol. The second kappa shape index (κ2) is 20.1. The van der Waals surface area contributed by atoms with Crippen LogP contribution in [0.3, 0.4) is 0 Å². The zero-order valence-corrected chi connectivity index (χ0v) is 24.7. The molecular formula is C28H30O8S4. The summed E-state index contributed by atoms with van der Waals surface area (Å²) in [6, 6.07) is 19.4. The van der Waals surface area contributed by atoms with Crippen LogP contribution in [0.4, 0.5) is 0 Å². The van der Waals surface area contributed by atoms with E-state index in [-0.39, 0.29) is 0 Å². The van der Waals surface area contributed by atoms with Crippen molar-refractivity contribution in [2.24, 2.45) is 0 Å². The van der Waals surface area contributed by atoms with E-state index in [1.54, 1.807) is 47.0 Å². The molecule has 214 valence electrons. The van der Waals surface area contributed by atoms with E-state index in [1.165, 1.54) is 0 Å².